The van der Waals surface area contributed by atoms with Gasteiger partial charge in [0.05, 0.1) is 0 Å². The fourth-order valence-electron chi connectivity index (χ4n) is 0. The maximum atomic E-state index is 8.34. The molecule has 7 heavy (non-hydrogen) atoms. The third-order valence-corrected chi connectivity index (χ3v) is 0.365. The van der Waals surface area contributed by atoms with Gasteiger partial charge in [-0.2, -0.15) is 0 Å². The molecule has 0 spiro atoms. The van der Waals surface area contributed by atoms with Gasteiger partial charge >= 0.3 is 27.5 Å². The summed E-state index contributed by atoms with van der Waals surface area (Å²) in [5, 5.41) is 8.14. The third kappa shape index (κ3) is 20.5. The molecular formula is C4H10O2Zr. The molecule has 0 fully saturated rings. The SMILES string of the molecule is CC(C)CO.[O]=[Zr]. The zero-order valence-corrected chi connectivity index (χ0v) is 7.10. The van der Waals surface area contributed by atoms with Crippen molar-refractivity contribution in [3.63, 3.8) is 0 Å². The molecule has 42 valence electrons. The Labute approximate surface area is 59.2 Å². The standard InChI is InChI=1S/C4H10O.O.Zr/c1-4(2)3-5;;/h4-5H,3H2,1-2H3;;. The van der Waals surface area contributed by atoms with Crippen LogP contribution in [0.1, 0.15) is 13.8 Å². The molecule has 0 rings (SSSR count). The van der Waals surface area contributed by atoms with Crippen LogP contribution in [0, 0.1) is 5.92 Å². The first kappa shape index (κ1) is 10.6. The van der Waals surface area contributed by atoms with Crippen LogP contribution in [0.5, 0.6) is 0 Å². The van der Waals surface area contributed by atoms with Crippen molar-refractivity contribution in [1.29, 1.82) is 0 Å². The van der Waals surface area contributed by atoms with Crippen molar-refractivity contribution >= 4 is 0 Å². The molecule has 3 heteroatoms. The van der Waals surface area contributed by atoms with E-state index in [4.69, 9.17) is 7.92 Å². The van der Waals surface area contributed by atoms with Gasteiger partial charge in [0.1, 0.15) is 0 Å². The Morgan fingerprint density at radius 1 is 1.57 bits per heavy atom. The molecule has 0 aromatic rings. The van der Waals surface area contributed by atoms with Crippen molar-refractivity contribution < 1.29 is 32.6 Å². The molecule has 0 saturated carbocycles. The summed E-state index contributed by atoms with van der Waals surface area (Å²) in [5.41, 5.74) is 0. The number of aliphatic hydroxyl groups is 1. The summed E-state index contributed by atoms with van der Waals surface area (Å²) in [6.45, 7) is 4.25. The van der Waals surface area contributed by atoms with Crippen molar-refractivity contribution in [3.8, 4) is 0 Å². The van der Waals surface area contributed by atoms with Gasteiger partial charge in [0.15, 0.2) is 0 Å². The molecular weight excluding hydrogens is 171 g/mol. The first-order valence-electron chi connectivity index (χ1n) is 2.08. The normalized spacial score (nSPS) is 7.29. The molecule has 0 atom stereocenters. The molecule has 0 saturated heterocycles. The first-order valence-corrected chi connectivity index (χ1v) is 3.09. The van der Waals surface area contributed by atoms with Gasteiger partial charge < -0.3 is 5.11 Å². The van der Waals surface area contributed by atoms with Crippen LogP contribution >= 0.6 is 0 Å². The Morgan fingerprint density at radius 3 is 1.71 bits per heavy atom. The Kier molecular flexibility index (Phi) is 14.8. The second kappa shape index (κ2) is 9.81. The molecule has 0 aromatic carbocycles. The van der Waals surface area contributed by atoms with E-state index in [9.17, 15) is 0 Å². The van der Waals surface area contributed by atoms with E-state index in [-0.39, 0.29) is 0 Å². The second-order valence-corrected chi connectivity index (χ2v) is 1.58. The Balaban J connectivity index is 0. The van der Waals surface area contributed by atoms with E-state index in [1.165, 1.54) is 0 Å². The van der Waals surface area contributed by atoms with Crippen molar-refractivity contribution in [2.24, 2.45) is 5.92 Å². The zero-order valence-electron chi connectivity index (χ0n) is 4.64. The maximum absolute atomic E-state index is 8.34. The van der Waals surface area contributed by atoms with Gasteiger partial charge in [-0.3, -0.25) is 0 Å². The monoisotopic (exact) mass is 180 g/mol. The van der Waals surface area contributed by atoms with Crippen molar-refractivity contribution in [1.82, 2.24) is 0 Å². The predicted molar refractivity (Wildman–Crippen MR) is 22.6 cm³/mol. The summed E-state index contributed by atoms with van der Waals surface area (Å²) in [6, 6.07) is 0. The van der Waals surface area contributed by atoms with Crippen LogP contribution in [0.2, 0.25) is 0 Å². The van der Waals surface area contributed by atoms with Gasteiger partial charge in [0, 0.05) is 6.61 Å². The second-order valence-electron chi connectivity index (χ2n) is 1.58. The summed E-state index contributed by atoms with van der Waals surface area (Å²) in [6.07, 6.45) is 0. The van der Waals surface area contributed by atoms with E-state index in [1.54, 1.807) is 0 Å². The van der Waals surface area contributed by atoms with Crippen LogP contribution < -0.4 is 0 Å². The third-order valence-electron chi connectivity index (χ3n) is 0.365. The van der Waals surface area contributed by atoms with Crippen molar-refractivity contribution in [3.05, 3.63) is 0 Å². The molecule has 0 aromatic heterocycles. The van der Waals surface area contributed by atoms with E-state index in [0.29, 0.717) is 37.2 Å². The quantitative estimate of drug-likeness (QED) is 0.640. The minimum atomic E-state index is 0.300. The van der Waals surface area contributed by atoms with Crippen LogP contribution in [0.4, 0.5) is 0 Å². The van der Waals surface area contributed by atoms with Gasteiger partial charge in [0.2, 0.25) is 0 Å². The van der Waals surface area contributed by atoms with Crippen LogP contribution in [0.3, 0.4) is 0 Å². The van der Waals surface area contributed by atoms with Crippen molar-refractivity contribution in [2.75, 3.05) is 6.61 Å². The van der Waals surface area contributed by atoms with Gasteiger partial charge in [-0.25, -0.2) is 0 Å². The summed E-state index contributed by atoms with van der Waals surface area (Å²) in [7, 11) is 0. The Bertz CT molecular complexity index is 30.9. The van der Waals surface area contributed by atoms with E-state index in [2.05, 4.69) is 0 Å². The van der Waals surface area contributed by atoms with E-state index < -0.39 is 0 Å². The van der Waals surface area contributed by atoms with Crippen LogP contribution in [-0.4, -0.2) is 11.7 Å². The van der Waals surface area contributed by atoms with E-state index >= 15 is 0 Å². The average molecular weight is 181 g/mol. The zero-order chi connectivity index (χ0) is 6.28. The topological polar surface area (TPSA) is 37.3 Å². The molecule has 0 radical (unpaired) electrons. The fourth-order valence-corrected chi connectivity index (χ4v) is 0. The molecule has 0 amide bonds. The number of rotatable bonds is 1. The molecule has 1 N–H and O–H groups in total. The van der Waals surface area contributed by atoms with Crippen LogP contribution in [-0.2, 0) is 27.5 Å². The molecule has 0 aliphatic carbocycles. The molecule has 0 aliphatic rings. The van der Waals surface area contributed by atoms with E-state index in [0.717, 1.165) is 0 Å². The van der Waals surface area contributed by atoms with Gasteiger partial charge in [-0.15, -0.1) is 0 Å². The van der Waals surface area contributed by atoms with Gasteiger partial charge in [-0.1, -0.05) is 13.8 Å². The number of hydrogen-bond donors (Lipinski definition) is 1. The van der Waals surface area contributed by atoms with Crippen LogP contribution in [0.15, 0.2) is 0 Å². The molecule has 0 aliphatic heterocycles. The average Bonchev–Trinajstić information content (AvgIpc) is 1.73. The Morgan fingerprint density at radius 2 is 1.71 bits per heavy atom. The van der Waals surface area contributed by atoms with E-state index in [1.807, 2.05) is 13.8 Å². The van der Waals surface area contributed by atoms with Crippen molar-refractivity contribution in [2.45, 2.75) is 13.8 Å². The fraction of sp³-hybridized carbons (Fsp3) is 1.00. The van der Waals surface area contributed by atoms with Gasteiger partial charge in [-0.05, 0) is 5.92 Å². The van der Waals surface area contributed by atoms with Gasteiger partial charge in [0.25, 0.3) is 0 Å². The number of hydrogen-bond acceptors (Lipinski definition) is 2. The molecule has 2 nitrogen and oxygen atoms in total. The summed E-state index contributed by atoms with van der Waals surface area (Å²) in [5.74, 6) is 0.440. The first-order chi connectivity index (χ1) is 3.27. The predicted octanol–water partition coefficient (Wildman–Crippen LogP) is 0.513. The summed E-state index contributed by atoms with van der Waals surface area (Å²) < 4.78 is 8.34. The number of aliphatic hydroxyl groups excluding tert-OH is 1. The summed E-state index contributed by atoms with van der Waals surface area (Å²) in [4.78, 5) is 0. The molecule has 0 bridgehead atoms. The Hall–Kier alpha value is 0.643. The minimum absolute atomic E-state index is 0.300. The summed E-state index contributed by atoms with van der Waals surface area (Å²) >= 11 is 0.300. The van der Waals surface area contributed by atoms with Crippen LogP contribution in [0.25, 0.3) is 0 Å². The molecule has 0 unspecified atom stereocenters. The molecule has 0 heterocycles.